The lowest BCUT2D eigenvalue weighted by molar-refractivity contribution is -0.121. The normalized spacial score (nSPS) is 10.6. The molecule has 0 spiro atoms. The first-order valence-electron chi connectivity index (χ1n) is 10.8. The number of amides is 1. The zero-order chi connectivity index (χ0) is 22.9. The van der Waals surface area contributed by atoms with E-state index in [1.54, 1.807) is 6.20 Å². The van der Waals surface area contributed by atoms with Gasteiger partial charge in [0.1, 0.15) is 11.6 Å². The molecule has 0 unspecified atom stereocenters. The molecule has 0 atom stereocenters. The summed E-state index contributed by atoms with van der Waals surface area (Å²) in [6, 6.07) is 27.2. The number of carbonyl (C=O) groups is 1. The van der Waals surface area contributed by atoms with Crippen LogP contribution < -0.4 is 16.0 Å². The molecule has 0 aliphatic heterocycles. The number of hydrogen-bond acceptors (Lipinski definition) is 6. The molecule has 0 saturated heterocycles. The number of aromatic nitrogens is 3. The van der Waals surface area contributed by atoms with E-state index in [1.165, 1.54) is 0 Å². The maximum Gasteiger partial charge on any atom is 0.232 e. The van der Waals surface area contributed by atoms with Crippen molar-refractivity contribution >= 4 is 23.4 Å². The highest BCUT2D eigenvalue weighted by Crippen LogP contribution is 2.24. The molecule has 4 aromatic rings. The van der Waals surface area contributed by atoms with Crippen molar-refractivity contribution in [3.63, 3.8) is 0 Å². The van der Waals surface area contributed by atoms with Crippen molar-refractivity contribution in [2.45, 2.75) is 12.8 Å². The molecule has 2 aromatic heterocycles. The molecule has 166 valence electrons. The number of nitrogens with zero attached hydrogens (tertiary/aromatic N) is 3. The third-order valence-electron chi connectivity index (χ3n) is 5.09. The van der Waals surface area contributed by atoms with Crippen molar-refractivity contribution in [1.29, 1.82) is 0 Å². The Morgan fingerprint density at radius 1 is 0.758 bits per heavy atom. The fourth-order valence-corrected chi connectivity index (χ4v) is 3.43. The standard InChI is InChI=1S/C26H26N6O/c1-19-12-13-22(29-18-19)30-24-15-14-23(31-32-24)27-16-17-28-26(33)25(20-8-4-2-5-9-20)21-10-6-3-7-11-21/h2-15,18,25H,16-17H2,1H3,(H,27,31)(H,28,33)(H,29,30,32). The van der Waals surface area contributed by atoms with E-state index in [0.717, 1.165) is 16.7 Å². The molecule has 0 fully saturated rings. The smallest absolute Gasteiger partial charge is 0.232 e. The number of aryl methyl sites for hydroxylation is 1. The van der Waals surface area contributed by atoms with E-state index < -0.39 is 0 Å². The molecule has 1 amide bonds. The minimum atomic E-state index is -0.354. The Bertz CT molecular complexity index is 1110. The fraction of sp³-hybridized carbons (Fsp3) is 0.154. The second-order valence-electron chi connectivity index (χ2n) is 7.62. The summed E-state index contributed by atoms with van der Waals surface area (Å²) in [5, 5.41) is 17.7. The van der Waals surface area contributed by atoms with Crippen molar-refractivity contribution in [2.24, 2.45) is 0 Å². The van der Waals surface area contributed by atoms with E-state index >= 15 is 0 Å². The molecule has 7 nitrogen and oxygen atoms in total. The topological polar surface area (TPSA) is 91.8 Å². The Morgan fingerprint density at radius 2 is 1.36 bits per heavy atom. The van der Waals surface area contributed by atoms with Gasteiger partial charge < -0.3 is 16.0 Å². The molecule has 2 aromatic carbocycles. The Labute approximate surface area is 193 Å². The van der Waals surface area contributed by atoms with E-state index in [-0.39, 0.29) is 11.8 Å². The molecular weight excluding hydrogens is 412 g/mol. The number of rotatable bonds is 9. The van der Waals surface area contributed by atoms with Crippen LogP contribution in [0.15, 0.2) is 91.1 Å². The van der Waals surface area contributed by atoms with Crippen molar-refractivity contribution in [1.82, 2.24) is 20.5 Å². The lowest BCUT2D eigenvalue weighted by Gasteiger charge is -2.18. The minimum Gasteiger partial charge on any atom is -0.367 e. The average molecular weight is 439 g/mol. The average Bonchev–Trinajstić information content (AvgIpc) is 2.86. The molecule has 0 bridgehead atoms. The summed E-state index contributed by atoms with van der Waals surface area (Å²) in [7, 11) is 0. The van der Waals surface area contributed by atoms with E-state index in [2.05, 4.69) is 31.1 Å². The van der Waals surface area contributed by atoms with Crippen LogP contribution in [0.5, 0.6) is 0 Å². The predicted octanol–water partition coefficient (Wildman–Crippen LogP) is 4.28. The van der Waals surface area contributed by atoms with Crippen LogP contribution in [0.25, 0.3) is 0 Å². The van der Waals surface area contributed by atoms with Gasteiger partial charge in [-0.1, -0.05) is 66.7 Å². The van der Waals surface area contributed by atoms with Crippen LogP contribution >= 0.6 is 0 Å². The van der Waals surface area contributed by atoms with Gasteiger partial charge in [-0.3, -0.25) is 4.79 Å². The van der Waals surface area contributed by atoms with Crippen LogP contribution in [0.1, 0.15) is 22.6 Å². The highest BCUT2D eigenvalue weighted by molar-refractivity contribution is 5.87. The largest absolute Gasteiger partial charge is 0.367 e. The Balaban J connectivity index is 1.29. The van der Waals surface area contributed by atoms with Crippen LogP contribution in [-0.4, -0.2) is 34.2 Å². The van der Waals surface area contributed by atoms with Gasteiger partial charge in [-0.05, 0) is 41.8 Å². The molecule has 0 aliphatic carbocycles. The number of hydrogen-bond donors (Lipinski definition) is 3. The van der Waals surface area contributed by atoms with Gasteiger partial charge in [0.15, 0.2) is 5.82 Å². The first-order valence-corrected chi connectivity index (χ1v) is 10.8. The second-order valence-corrected chi connectivity index (χ2v) is 7.62. The van der Waals surface area contributed by atoms with Crippen LogP contribution in [0, 0.1) is 6.92 Å². The fourth-order valence-electron chi connectivity index (χ4n) is 3.43. The molecule has 7 heteroatoms. The summed E-state index contributed by atoms with van der Waals surface area (Å²) in [5.41, 5.74) is 3.02. The summed E-state index contributed by atoms with van der Waals surface area (Å²) in [4.78, 5) is 17.3. The molecule has 0 radical (unpaired) electrons. The van der Waals surface area contributed by atoms with E-state index in [1.807, 2.05) is 91.9 Å². The molecule has 3 N–H and O–H groups in total. The van der Waals surface area contributed by atoms with Crippen LogP contribution in [-0.2, 0) is 4.79 Å². The van der Waals surface area contributed by atoms with Gasteiger partial charge in [-0.15, -0.1) is 10.2 Å². The lowest BCUT2D eigenvalue weighted by atomic mass is 9.90. The highest BCUT2D eigenvalue weighted by atomic mass is 16.1. The number of carbonyl (C=O) groups excluding carboxylic acids is 1. The van der Waals surface area contributed by atoms with Crippen molar-refractivity contribution < 1.29 is 4.79 Å². The third-order valence-corrected chi connectivity index (χ3v) is 5.09. The van der Waals surface area contributed by atoms with E-state index in [9.17, 15) is 4.79 Å². The van der Waals surface area contributed by atoms with Crippen molar-refractivity contribution in [3.05, 3.63) is 108 Å². The summed E-state index contributed by atoms with van der Waals surface area (Å²) < 4.78 is 0. The zero-order valence-corrected chi connectivity index (χ0v) is 18.4. The number of benzene rings is 2. The Kier molecular flexibility index (Phi) is 7.22. The maximum atomic E-state index is 13.0. The van der Waals surface area contributed by atoms with E-state index in [4.69, 9.17) is 0 Å². The van der Waals surface area contributed by atoms with Gasteiger partial charge in [-0.2, -0.15) is 0 Å². The number of anilines is 3. The summed E-state index contributed by atoms with van der Waals surface area (Å²) in [6.07, 6.45) is 1.79. The third kappa shape index (κ3) is 6.13. The second kappa shape index (κ2) is 10.9. The number of nitrogens with one attached hydrogen (secondary N) is 3. The van der Waals surface area contributed by atoms with Gasteiger partial charge in [0.05, 0.1) is 5.92 Å². The van der Waals surface area contributed by atoms with Crippen LogP contribution in [0.4, 0.5) is 17.5 Å². The van der Waals surface area contributed by atoms with Gasteiger partial charge in [0, 0.05) is 19.3 Å². The van der Waals surface area contributed by atoms with Crippen LogP contribution in [0.3, 0.4) is 0 Å². The summed E-state index contributed by atoms with van der Waals surface area (Å²) in [6.45, 7) is 2.98. The van der Waals surface area contributed by atoms with Crippen molar-refractivity contribution in [3.8, 4) is 0 Å². The highest BCUT2D eigenvalue weighted by Gasteiger charge is 2.21. The summed E-state index contributed by atoms with van der Waals surface area (Å²) >= 11 is 0. The molecular formula is C26H26N6O. The monoisotopic (exact) mass is 438 g/mol. The van der Waals surface area contributed by atoms with Gasteiger partial charge >= 0.3 is 0 Å². The quantitative estimate of drug-likeness (QED) is 0.338. The van der Waals surface area contributed by atoms with Gasteiger partial charge in [-0.25, -0.2) is 4.98 Å². The SMILES string of the molecule is Cc1ccc(Nc2ccc(NCCNC(=O)C(c3ccccc3)c3ccccc3)nn2)nc1. The zero-order valence-electron chi connectivity index (χ0n) is 18.4. The molecule has 33 heavy (non-hydrogen) atoms. The minimum absolute atomic E-state index is 0.0366. The molecule has 2 heterocycles. The Morgan fingerprint density at radius 3 is 1.94 bits per heavy atom. The lowest BCUT2D eigenvalue weighted by Crippen LogP contribution is -2.33. The molecule has 0 aliphatic rings. The molecule has 4 rings (SSSR count). The summed E-state index contributed by atoms with van der Waals surface area (Å²) in [5.74, 6) is 1.57. The molecule has 0 saturated carbocycles. The van der Waals surface area contributed by atoms with Crippen LogP contribution in [0.2, 0.25) is 0 Å². The first kappa shape index (κ1) is 22.0. The number of pyridine rings is 1. The van der Waals surface area contributed by atoms with Gasteiger partial charge in [0.25, 0.3) is 0 Å². The Hall–Kier alpha value is -4.26. The van der Waals surface area contributed by atoms with Gasteiger partial charge in [0.2, 0.25) is 5.91 Å². The predicted molar refractivity (Wildman–Crippen MR) is 131 cm³/mol. The van der Waals surface area contributed by atoms with E-state index in [0.29, 0.717) is 30.5 Å². The maximum absolute atomic E-state index is 13.0. The first-order chi connectivity index (χ1) is 16.2. The van der Waals surface area contributed by atoms with Crippen molar-refractivity contribution in [2.75, 3.05) is 23.7 Å².